The number of nitrogens with zero attached hydrogens (tertiary/aromatic N) is 1. The average Bonchev–Trinajstić information content (AvgIpc) is 2.75. The zero-order valence-corrected chi connectivity index (χ0v) is 12.0. The van der Waals surface area contributed by atoms with Gasteiger partial charge in [0.1, 0.15) is 4.88 Å². The predicted molar refractivity (Wildman–Crippen MR) is 71.6 cm³/mol. The van der Waals surface area contributed by atoms with Crippen molar-refractivity contribution in [2.24, 2.45) is 0 Å². The maximum absolute atomic E-state index is 12.3. The van der Waals surface area contributed by atoms with Crippen LogP contribution >= 0.6 is 27.3 Å². The number of hydrogen-bond donors (Lipinski definition) is 1. The van der Waals surface area contributed by atoms with Gasteiger partial charge in [-0.15, -0.1) is 11.3 Å². The van der Waals surface area contributed by atoms with Gasteiger partial charge in [0.2, 0.25) is 0 Å². The van der Waals surface area contributed by atoms with Crippen molar-refractivity contribution in [2.45, 2.75) is 6.10 Å². The van der Waals surface area contributed by atoms with E-state index in [1.165, 1.54) is 11.3 Å². The molecule has 1 N–H and O–H groups in total. The summed E-state index contributed by atoms with van der Waals surface area (Å²) in [5, 5.41) is 4.99. The van der Waals surface area contributed by atoms with Crippen LogP contribution in [0.1, 0.15) is 9.67 Å². The van der Waals surface area contributed by atoms with Gasteiger partial charge in [0.25, 0.3) is 5.91 Å². The first-order chi connectivity index (χ1) is 8.22. The average molecular weight is 319 g/mol. The largest absolute Gasteiger partial charge is 0.373 e. The summed E-state index contributed by atoms with van der Waals surface area (Å²) in [6.07, 6.45) is 0.0939. The van der Waals surface area contributed by atoms with Gasteiger partial charge >= 0.3 is 0 Å². The van der Waals surface area contributed by atoms with Crippen molar-refractivity contribution < 1.29 is 9.53 Å². The minimum absolute atomic E-state index is 0.0938. The molecule has 2 heterocycles. The van der Waals surface area contributed by atoms with E-state index >= 15 is 0 Å². The van der Waals surface area contributed by atoms with Crippen LogP contribution in [0.5, 0.6) is 0 Å². The molecule has 0 bridgehead atoms. The zero-order valence-electron chi connectivity index (χ0n) is 9.61. The minimum atomic E-state index is 0.0938. The molecule has 2 rings (SSSR count). The van der Waals surface area contributed by atoms with E-state index in [1.54, 1.807) is 0 Å². The number of amides is 1. The number of rotatable bonds is 3. The topological polar surface area (TPSA) is 41.6 Å². The number of carbonyl (C=O) groups excluding carboxylic acids is 1. The third-order valence-corrected chi connectivity index (χ3v) is 4.49. The van der Waals surface area contributed by atoms with E-state index in [1.807, 2.05) is 23.4 Å². The number of thiophene rings is 1. The summed E-state index contributed by atoms with van der Waals surface area (Å²) in [6.45, 7) is 2.71. The molecular formula is C11H15BrN2O2S. The van der Waals surface area contributed by atoms with E-state index in [0.717, 1.165) is 15.9 Å². The first kappa shape index (κ1) is 13.0. The number of likely N-dealkylation sites (N-methyl/N-ethyl adjacent to an activating group) is 1. The second-order valence-corrected chi connectivity index (χ2v) is 5.67. The maximum Gasteiger partial charge on any atom is 0.265 e. The lowest BCUT2D eigenvalue weighted by molar-refractivity contribution is -0.0194. The van der Waals surface area contributed by atoms with Gasteiger partial charge in [0.05, 0.1) is 12.7 Å². The second-order valence-electron chi connectivity index (χ2n) is 3.90. The molecule has 1 fully saturated rings. The fraction of sp³-hybridized carbons (Fsp3) is 0.545. The molecule has 94 valence electrons. The molecule has 1 aromatic heterocycles. The smallest absolute Gasteiger partial charge is 0.265 e. The van der Waals surface area contributed by atoms with Crippen molar-refractivity contribution >= 4 is 33.2 Å². The summed E-state index contributed by atoms with van der Waals surface area (Å²) in [5.74, 6) is 0.0938. The zero-order chi connectivity index (χ0) is 12.3. The first-order valence-corrected chi connectivity index (χ1v) is 7.18. The van der Waals surface area contributed by atoms with Crippen LogP contribution in [-0.4, -0.2) is 50.2 Å². The van der Waals surface area contributed by atoms with Crippen LogP contribution in [0, 0.1) is 0 Å². The number of hydrogen-bond acceptors (Lipinski definition) is 4. The third kappa shape index (κ3) is 3.07. The Morgan fingerprint density at radius 3 is 3.24 bits per heavy atom. The number of halogens is 1. The minimum Gasteiger partial charge on any atom is -0.373 e. The normalized spacial score (nSPS) is 20.6. The highest BCUT2D eigenvalue weighted by molar-refractivity contribution is 9.10. The third-order valence-electron chi connectivity index (χ3n) is 2.67. The van der Waals surface area contributed by atoms with Gasteiger partial charge in [-0.2, -0.15) is 0 Å². The summed E-state index contributed by atoms with van der Waals surface area (Å²) in [5.41, 5.74) is 0. The number of carbonyl (C=O) groups is 1. The fourth-order valence-electron chi connectivity index (χ4n) is 1.84. The Balaban J connectivity index is 2.02. The Kier molecular flexibility index (Phi) is 4.55. The van der Waals surface area contributed by atoms with Gasteiger partial charge < -0.3 is 15.0 Å². The van der Waals surface area contributed by atoms with E-state index in [0.29, 0.717) is 19.7 Å². The van der Waals surface area contributed by atoms with Crippen LogP contribution in [0.2, 0.25) is 0 Å². The van der Waals surface area contributed by atoms with Crippen LogP contribution in [0.15, 0.2) is 15.9 Å². The molecule has 17 heavy (non-hydrogen) atoms. The summed E-state index contributed by atoms with van der Waals surface area (Å²) in [4.78, 5) is 14.9. The van der Waals surface area contributed by atoms with Crippen molar-refractivity contribution in [2.75, 3.05) is 33.3 Å². The standard InChI is InChI=1S/C11H15BrN2O2S/c1-13-6-8-7-14(3-4-16-8)11(15)10-9(12)2-5-17-10/h2,5,8,13H,3-4,6-7H2,1H3. The molecule has 1 aliphatic rings. The van der Waals surface area contributed by atoms with Gasteiger partial charge in [0, 0.05) is 24.1 Å². The van der Waals surface area contributed by atoms with E-state index in [9.17, 15) is 4.79 Å². The first-order valence-electron chi connectivity index (χ1n) is 5.51. The predicted octanol–water partition coefficient (Wildman–Crippen LogP) is 1.57. The van der Waals surface area contributed by atoms with Gasteiger partial charge in [-0.1, -0.05) is 0 Å². The van der Waals surface area contributed by atoms with Crippen LogP contribution in [0.4, 0.5) is 0 Å². The lowest BCUT2D eigenvalue weighted by Crippen LogP contribution is -2.48. The van der Waals surface area contributed by atoms with Crippen molar-refractivity contribution in [3.8, 4) is 0 Å². The van der Waals surface area contributed by atoms with Crippen molar-refractivity contribution in [3.05, 3.63) is 20.8 Å². The second kappa shape index (κ2) is 5.95. The Hall–Kier alpha value is -0.430. The van der Waals surface area contributed by atoms with Crippen LogP contribution in [0.25, 0.3) is 0 Å². The van der Waals surface area contributed by atoms with E-state index in [4.69, 9.17) is 4.74 Å². The van der Waals surface area contributed by atoms with E-state index < -0.39 is 0 Å². The van der Waals surface area contributed by atoms with Gasteiger partial charge in [-0.3, -0.25) is 4.79 Å². The molecule has 0 aromatic carbocycles. The van der Waals surface area contributed by atoms with Crippen molar-refractivity contribution in [3.63, 3.8) is 0 Å². The Labute approximate surface area is 113 Å². The summed E-state index contributed by atoms with van der Waals surface area (Å²) in [6, 6.07) is 1.91. The number of ether oxygens (including phenoxy) is 1. The van der Waals surface area contributed by atoms with Gasteiger partial charge in [-0.25, -0.2) is 0 Å². The SMILES string of the molecule is CNCC1CN(C(=O)c2sccc2Br)CCO1. The van der Waals surface area contributed by atoms with Crippen molar-refractivity contribution in [1.29, 1.82) is 0 Å². The fourth-order valence-corrected chi connectivity index (χ4v) is 3.35. The molecule has 1 atom stereocenters. The molecule has 0 aliphatic carbocycles. The summed E-state index contributed by atoms with van der Waals surface area (Å²) >= 11 is 4.87. The molecule has 4 nitrogen and oxygen atoms in total. The molecule has 1 saturated heterocycles. The monoisotopic (exact) mass is 318 g/mol. The lowest BCUT2D eigenvalue weighted by Gasteiger charge is -2.32. The summed E-state index contributed by atoms with van der Waals surface area (Å²) in [7, 11) is 1.89. The molecule has 0 saturated carbocycles. The van der Waals surface area contributed by atoms with E-state index in [-0.39, 0.29) is 12.0 Å². The molecule has 0 spiro atoms. The Bertz CT molecular complexity index is 395. The number of nitrogens with one attached hydrogen (secondary N) is 1. The molecule has 1 unspecified atom stereocenters. The highest BCUT2D eigenvalue weighted by Gasteiger charge is 2.26. The lowest BCUT2D eigenvalue weighted by atomic mass is 10.2. The van der Waals surface area contributed by atoms with Gasteiger partial charge in [0.15, 0.2) is 0 Å². The molecular weight excluding hydrogens is 304 g/mol. The highest BCUT2D eigenvalue weighted by atomic mass is 79.9. The number of morpholine rings is 1. The van der Waals surface area contributed by atoms with E-state index in [2.05, 4.69) is 21.2 Å². The van der Waals surface area contributed by atoms with Crippen molar-refractivity contribution in [1.82, 2.24) is 10.2 Å². The maximum atomic E-state index is 12.3. The molecule has 0 radical (unpaired) electrons. The van der Waals surface area contributed by atoms with Crippen LogP contribution < -0.4 is 5.32 Å². The summed E-state index contributed by atoms with van der Waals surface area (Å²) < 4.78 is 6.46. The molecule has 1 amide bonds. The van der Waals surface area contributed by atoms with Gasteiger partial charge in [-0.05, 0) is 34.4 Å². The Morgan fingerprint density at radius 1 is 1.76 bits per heavy atom. The molecule has 6 heteroatoms. The van der Waals surface area contributed by atoms with Crippen LogP contribution in [-0.2, 0) is 4.74 Å². The molecule has 1 aliphatic heterocycles. The Morgan fingerprint density at radius 2 is 2.59 bits per heavy atom. The molecule has 1 aromatic rings. The van der Waals surface area contributed by atoms with Crippen LogP contribution in [0.3, 0.4) is 0 Å². The quantitative estimate of drug-likeness (QED) is 0.920. The highest BCUT2D eigenvalue weighted by Crippen LogP contribution is 2.24.